The molecule has 0 aliphatic heterocycles. The Bertz CT molecular complexity index is 667. The summed E-state index contributed by atoms with van der Waals surface area (Å²) in [4.78, 5) is 13.8. The lowest BCUT2D eigenvalue weighted by Crippen LogP contribution is -2.05. The Morgan fingerprint density at radius 2 is 1.52 bits per heavy atom. The standard InChI is InChI=1S/C13H9Cl2F2N3O/c1-6(21)18-7-2-4-8(5-3-7)19-11-9(14)12(16)20-13(17)10(11)15/h2-5H,1H3,(H,18,21)(H,19,20). The van der Waals surface area contributed by atoms with E-state index in [0.29, 0.717) is 11.4 Å². The highest BCUT2D eigenvalue weighted by Gasteiger charge is 2.17. The van der Waals surface area contributed by atoms with Crippen LogP contribution in [0.25, 0.3) is 0 Å². The summed E-state index contributed by atoms with van der Waals surface area (Å²) in [6.07, 6.45) is 0. The normalized spacial score (nSPS) is 10.3. The molecule has 2 aromatic rings. The monoisotopic (exact) mass is 331 g/mol. The van der Waals surface area contributed by atoms with Crippen molar-refractivity contribution in [3.05, 3.63) is 46.2 Å². The fourth-order valence-corrected chi connectivity index (χ4v) is 2.00. The zero-order valence-corrected chi connectivity index (χ0v) is 12.2. The summed E-state index contributed by atoms with van der Waals surface area (Å²) >= 11 is 11.4. The van der Waals surface area contributed by atoms with E-state index < -0.39 is 21.9 Å². The molecule has 110 valence electrons. The largest absolute Gasteiger partial charge is 0.353 e. The van der Waals surface area contributed by atoms with Gasteiger partial charge in [0.25, 0.3) is 0 Å². The van der Waals surface area contributed by atoms with Crippen molar-refractivity contribution in [2.45, 2.75) is 6.92 Å². The van der Waals surface area contributed by atoms with Crippen molar-refractivity contribution < 1.29 is 13.6 Å². The molecular formula is C13H9Cl2F2N3O. The lowest BCUT2D eigenvalue weighted by molar-refractivity contribution is -0.114. The van der Waals surface area contributed by atoms with Crippen LogP contribution in [0.3, 0.4) is 0 Å². The van der Waals surface area contributed by atoms with Gasteiger partial charge in [0.2, 0.25) is 17.8 Å². The van der Waals surface area contributed by atoms with Crippen LogP contribution in [0.4, 0.5) is 25.8 Å². The summed E-state index contributed by atoms with van der Waals surface area (Å²) in [5.74, 6) is -2.52. The molecule has 0 fully saturated rings. The Hall–Kier alpha value is -1.92. The van der Waals surface area contributed by atoms with E-state index in [0.717, 1.165) is 0 Å². The van der Waals surface area contributed by atoms with E-state index in [1.165, 1.54) is 6.92 Å². The third kappa shape index (κ3) is 3.59. The molecule has 1 heterocycles. The molecule has 2 N–H and O–H groups in total. The third-order valence-corrected chi connectivity index (χ3v) is 3.16. The lowest BCUT2D eigenvalue weighted by atomic mass is 10.2. The first-order valence-corrected chi connectivity index (χ1v) is 6.48. The predicted molar refractivity (Wildman–Crippen MR) is 78.2 cm³/mol. The van der Waals surface area contributed by atoms with Gasteiger partial charge in [-0.1, -0.05) is 23.2 Å². The number of carbonyl (C=O) groups is 1. The van der Waals surface area contributed by atoms with Gasteiger partial charge in [0.1, 0.15) is 10.0 Å². The van der Waals surface area contributed by atoms with Crippen LogP contribution in [0.15, 0.2) is 24.3 Å². The van der Waals surface area contributed by atoms with Gasteiger partial charge in [-0.05, 0) is 24.3 Å². The quantitative estimate of drug-likeness (QED) is 0.821. The van der Waals surface area contributed by atoms with Gasteiger partial charge in [-0.25, -0.2) is 0 Å². The second kappa shape index (κ2) is 6.24. The van der Waals surface area contributed by atoms with Crippen molar-refractivity contribution in [1.29, 1.82) is 0 Å². The maximum Gasteiger partial charge on any atom is 0.236 e. The van der Waals surface area contributed by atoms with Crippen LogP contribution in [0.5, 0.6) is 0 Å². The van der Waals surface area contributed by atoms with E-state index in [1.807, 2.05) is 0 Å². The van der Waals surface area contributed by atoms with Crippen LogP contribution >= 0.6 is 23.2 Å². The molecule has 0 saturated carbocycles. The lowest BCUT2D eigenvalue weighted by Gasteiger charge is -2.11. The molecule has 1 aromatic carbocycles. The van der Waals surface area contributed by atoms with E-state index in [2.05, 4.69) is 15.6 Å². The average Bonchev–Trinajstić information content (AvgIpc) is 2.43. The molecule has 0 saturated heterocycles. The molecule has 0 aliphatic carbocycles. The minimum atomic E-state index is -1.16. The second-order valence-corrected chi connectivity index (χ2v) is 4.84. The molecule has 4 nitrogen and oxygen atoms in total. The van der Waals surface area contributed by atoms with Crippen LogP contribution in [0.1, 0.15) is 6.92 Å². The van der Waals surface area contributed by atoms with Gasteiger partial charge >= 0.3 is 0 Å². The number of pyridine rings is 1. The Morgan fingerprint density at radius 1 is 1.05 bits per heavy atom. The number of amides is 1. The third-order valence-electron chi connectivity index (χ3n) is 2.47. The number of hydrogen-bond donors (Lipinski definition) is 2. The molecule has 2 rings (SSSR count). The van der Waals surface area contributed by atoms with E-state index >= 15 is 0 Å². The van der Waals surface area contributed by atoms with Crippen molar-refractivity contribution in [3.8, 4) is 0 Å². The molecule has 0 radical (unpaired) electrons. The molecule has 0 unspecified atom stereocenters. The topological polar surface area (TPSA) is 54.0 Å². The van der Waals surface area contributed by atoms with Crippen molar-refractivity contribution in [3.63, 3.8) is 0 Å². The Morgan fingerprint density at radius 3 is 2.00 bits per heavy atom. The minimum absolute atomic E-state index is 0.115. The highest BCUT2D eigenvalue weighted by molar-refractivity contribution is 6.39. The number of benzene rings is 1. The van der Waals surface area contributed by atoms with Crippen molar-refractivity contribution >= 4 is 46.2 Å². The van der Waals surface area contributed by atoms with Crippen LogP contribution in [0.2, 0.25) is 10.0 Å². The minimum Gasteiger partial charge on any atom is -0.353 e. The highest BCUT2D eigenvalue weighted by Crippen LogP contribution is 2.35. The van der Waals surface area contributed by atoms with Crippen LogP contribution < -0.4 is 10.6 Å². The highest BCUT2D eigenvalue weighted by atomic mass is 35.5. The van der Waals surface area contributed by atoms with E-state index in [4.69, 9.17) is 23.2 Å². The summed E-state index contributed by atoms with van der Waals surface area (Å²) in [7, 11) is 0. The molecule has 21 heavy (non-hydrogen) atoms. The number of rotatable bonds is 3. The Kier molecular flexibility index (Phi) is 4.59. The predicted octanol–water partition coefficient (Wildman–Crippen LogP) is 4.37. The van der Waals surface area contributed by atoms with Gasteiger partial charge in [-0.2, -0.15) is 13.8 Å². The number of carbonyl (C=O) groups excluding carboxylic acids is 1. The van der Waals surface area contributed by atoms with Gasteiger partial charge in [0.15, 0.2) is 0 Å². The molecule has 0 atom stereocenters. The molecule has 1 amide bonds. The van der Waals surface area contributed by atoms with Crippen LogP contribution in [-0.2, 0) is 4.79 Å². The first-order valence-electron chi connectivity index (χ1n) is 5.73. The van der Waals surface area contributed by atoms with Crippen molar-refractivity contribution in [2.24, 2.45) is 0 Å². The van der Waals surface area contributed by atoms with E-state index in [1.54, 1.807) is 24.3 Å². The van der Waals surface area contributed by atoms with Gasteiger partial charge < -0.3 is 10.6 Å². The fourth-order valence-electron chi connectivity index (χ4n) is 1.58. The number of anilines is 3. The smallest absolute Gasteiger partial charge is 0.236 e. The number of aromatic nitrogens is 1. The summed E-state index contributed by atoms with van der Waals surface area (Å²) in [6, 6.07) is 6.40. The first kappa shape index (κ1) is 15.5. The molecule has 8 heteroatoms. The average molecular weight is 332 g/mol. The Balaban J connectivity index is 2.28. The fraction of sp³-hybridized carbons (Fsp3) is 0.0769. The molecular weight excluding hydrogens is 323 g/mol. The van der Waals surface area contributed by atoms with Crippen molar-refractivity contribution in [2.75, 3.05) is 10.6 Å². The van der Waals surface area contributed by atoms with Crippen molar-refractivity contribution in [1.82, 2.24) is 4.98 Å². The number of nitrogens with zero attached hydrogens (tertiary/aromatic N) is 1. The SMILES string of the molecule is CC(=O)Nc1ccc(Nc2c(Cl)c(F)nc(F)c2Cl)cc1. The number of hydrogen-bond acceptors (Lipinski definition) is 3. The Labute approximate surface area is 129 Å². The second-order valence-electron chi connectivity index (χ2n) is 4.08. The van der Waals surface area contributed by atoms with Gasteiger partial charge in [-0.3, -0.25) is 4.79 Å². The maximum atomic E-state index is 13.3. The maximum absolute atomic E-state index is 13.3. The van der Waals surface area contributed by atoms with Gasteiger partial charge in [0.05, 0.1) is 5.69 Å². The zero-order valence-electron chi connectivity index (χ0n) is 10.7. The zero-order chi connectivity index (χ0) is 15.6. The summed E-state index contributed by atoms with van der Waals surface area (Å²) in [5, 5.41) is 4.47. The summed E-state index contributed by atoms with van der Waals surface area (Å²) in [6.45, 7) is 1.38. The molecule has 0 aliphatic rings. The molecule has 0 spiro atoms. The molecule has 0 bridgehead atoms. The number of halogens is 4. The summed E-state index contributed by atoms with van der Waals surface area (Å²) in [5.41, 5.74) is 0.950. The van der Waals surface area contributed by atoms with Crippen LogP contribution in [-0.4, -0.2) is 10.9 Å². The van der Waals surface area contributed by atoms with Crippen LogP contribution in [0, 0.1) is 11.9 Å². The van der Waals surface area contributed by atoms with Gasteiger partial charge in [0, 0.05) is 18.3 Å². The van der Waals surface area contributed by atoms with E-state index in [9.17, 15) is 13.6 Å². The van der Waals surface area contributed by atoms with E-state index in [-0.39, 0.29) is 11.6 Å². The molecule has 1 aromatic heterocycles. The number of nitrogens with one attached hydrogen (secondary N) is 2. The van der Waals surface area contributed by atoms with Gasteiger partial charge in [-0.15, -0.1) is 0 Å². The summed E-state index contributed by atoms with van der Waals surface area (Å²) < 4.78 is 26.6. The first-order chi connectivity index (χ1) is 9.88.